The van der Waals surface area contributed by atoms with Gasteiger partial charge in [-0.25, -0.2) is 0 Å². The molecule has 1 unspecified atom stereocenters. The Morgan fingerprint density at radius 2 is 1.89 bits per heavy atom. The zero-order chi connectivity index (χ0) is 13.5. The lowest BCUT2D eigenvalue weighted by molar-refractivity contribution is -0.148. The quantitative estimate of drug-likeness (QED) is 0.859. The van der Waals surface area contributed by atoms with Crippen molar-refractivity contribution in [3.8, 4) is 5.75 Å². The first-order valence-electron chi connectivity index (χ1n) is 5.99. The summed E-state index contributed by atoms with van der Waals surface area (Å²) in [5.74, 6) is -0.381. The van der Waals surface area contributed by atoms with E-state index in [0.717, 1.165) is 11.1 Å². The van der Waals surface area contributed by atoms with Gasteiger partial charge in [0.05, 0.1) is 18.6 Å². The summed E-state index contributed by atoms with van der Waals surface area (Å²) in [7, 11) is 1.53. The highest BCUT2D eigenvalue weighted by Gasteiger charge is 2.57. The first-order chi connectivity index (χ1) is 8.42. The third kappa shape index (κ3) is 1.86. The minimum absolute atomic E-state index is 0.513. The van der Waals surface area contributed by atoms with Gasteiger partial charge in [0.1, 0.15) is 5.75 Å². The molecule has 2 N–H and O–H groups in total. The van der Waals surface area contributed by atoms with Crippen LogP contribution < -0.4 is 4.74 Å². The van der Waals surface area contributed by atoms with E-state index >= 15 is 0 Å². The molecule has 0 radical (unpaired) electrons. The van der Waals surface area contributed by atoms with Crippen LogP contribution in [0.1, 0.15) is 35.6 Å². The topological polar surface area (TPSA) is 66.8 Å². The lowest BCUT2D eigenvalue weighted by atomic mass is 9.90. The Labute approximate surface area is 106 Å². The summed E-state index contributed by atoms with van der Waals surface area (Å²) in [6, 6.07) is 3.66. The minimum Gasteiger partial charge on any atom is -0.496 e. The van der Waals surface area contributed by atoms with E-state index in [1.807, 2.05) is 26.0 Å². The van der Waals surface area contributed by atoms with Crippen molar-refractivity contribution < 1.29 is 19.7 Å². The van der Waals surface area contributed by atoms with Crippen LogP contribution in [0.25, 0.3) is 0 Å². The Morgan fingerprint density at radius 3 is 2.33 bits per heavy atom. The Hall–Kier alpha value is -1.55. The lowest BCUT2D eigenvalue weighted by Gasteiger charge is -2.21. The number of carboxylic acids is 1. The fraction of sp³-hybridized carbons (Fsp3) is 0.500. The average molecular weight is 250 g/mol. The second kappa shape index (κ2) is 4.28. The molecular formula is C14H18O4. The lowest BCUT2D eigenvalue weighted by Crippen LogP contribution is -2.24. The van der Waals surface area contributed by atoms with Crippen molar-refractivity contribution in [3.63, 3.8) is 0 Å². The van der Waals surface area contributed by atoms with Crippen LogP contribution in [0.15, 0.2) is 12.1 Å². The van der Waals surface area contributed by atoms with E-state index in [1.165, 1.54) is 7.11 Å². The molecule has 1 aliphatic rings. The normalized spacial score (nSPS) is 18.2. The third-order valence-corrected chi connectivity index (χ3v) is 3.88. The van der Waals surface area contributed by atoms with Crippen LogP contribution >= 0.6 is 0 Å². The van der Waals surface area contributed by atoms with Gasteiger partial charge >= 0.3 is 5.97 Å². The zero-order valence-electron chi connectivity index (χ0n) is 10.9. The number of rotatable bonds is 4. The van der Waals surface area contributed by atoms with Crippen LogP contribution in [-0.4, -0.2) is 23.3 Å². The monoisotopic (exact) mass is 250 g/mol. The third-order valence-electron chi connectivity index (χ3n) is 3.88. The van der Waals surface area contributed by atoms with Crippen LogP contribution in [-0.2, 0) is 4.79 Å². The van der Waals surface area contributed by atoms with Gasteiger partial charge < -0.3 is 14.9 Å². The van der Waals surface area contributed by atoms with E-state index in [2.05, 4.69) is 0 Å². The van der Waals surface area contributed by atoms with Crippen molar-refractivity contribution >= 4 is 5.97 Å². The standard InChI is InChI=1S/C14H18O4/c1-8-6-10(11(18-3)7-9(8)2)12(15)14(4-5-14)13(16)17/h6-7,12,15H,4-5H2,1-3H3,(H,16,17). The van der Waals surface area contributed by atoms with Gasteiger partial charge in [0.25, 0.3) is 0 Å². The number of methoxy groups -OCH3 is 1. The number of aryl methyl sites for hydroxylation is 2. The summed E-state index contributed by atoms with van der Waals surface area (Å²) in [6.07, 6.45) is 0.0170. The molecule has 0 spiro atoms. The number of ether oxygens (including phenoxy) is 1. The number of benzene rings is 1. The predicted octanol–water partition coefficient (Wildman–Crippen LogP) is 2.21. The molecule has 1 aliphatic carbocycles. The molecule has 0 amide bonds. The van der Waals surface area contributed by atoms with E-state index in [-0.39, 0.29) is 0 Å². The van der Waals surface area contributed by atoms with E-state index in [1.54, 1.807) is 0 Å². The summed E-state index contributed by atoms with van der Waals surface area (Å²) in [4.78, 5) is 11.2. The fourth-order valence-electron chi connectivity index (χ4n) is 2.24. The second-order valence-electron chi connectivity index (χ2n) is 5.04. The molecule has 4 nitrogen and oxygen atoms in total. The molecule has 1 saturated carbocycles. The first kappa shape index (κ1) is 12.9. The molecular weight excluding hydrogens is 232 g/mol. The summed E-state index contributed by atoms with van der Waals surface area (Å²) in [5.41, 5.74) is 1.63. The molecule has 4 heteroatoms. The van der Waals surface area contributed by atoms with Gasteiger partial charge in [-0.3, -0.25) is 4.79 Å². The van der Waals surface area contributed by atoms with E-state index < -0.39 is 17.5 Å². The van der Waals surface area contributed by atoms with Gasteiger partial charge in [-0.2, -0.15) is 0 Å². The van der Waals surface area contributed by atoms with Crippen LogP contribution in [0.2, 0.25) is 0 Å². The Bertz CT molecular complexity index is 489. The zero-order valence-corrected chi connectivity index (χ0v) is 10.9. The fourth-order valence-corrected chi connectivity index (χ4v) is 2.24. The van der Waals surface area contributed by atoms with Crippen LogP contribution in [0.3, 0.4) is 0 Å². The first-order valence-corrected chi connectivity index (χ1v) is 5.99. The van der Waals surface area contributed by atoms with Crippen molar-refractivity contribution in [1.29, 1.82) is 0 Å². The molecule has 0 bridgehead atoms. The van der Waals surface area contributed by atoms with Crippen molar-refractivity contribution in [2.45, 2.75) is 32.8 Å². The Morgan fingerprint density at radius 1 is 1.33 bits per heavy atom. The molecule has 18 heavy (non-hydrogen) atoms. The molecule has 0 aromatic heterocycles. The number of aliphatic hydroxyl groups excluding tert-OH is 1. The van der Waals surface area contributed by atoms with Gasteiger partial charge in [-0.15, -0.1) is 0 Å². The Kier molecular flexibility index (Phi) is 3.07. The van der Waals surface area contributed by atoms with Crippen LogP contribution in [0, 0.1) is 19.3 Å². The average Bonchev–Trinajstić information content (AvgIpc) is 3.12. The summed E-state index contributed by atoms with van der Waals surface area (Å²) < 4.78 is 5.25. The predicted molar refractivity (Wildman–Crippen MR) is 66.7 cm³/mol. The maximum absolute atomic E-state index is 11.2. The molecule has 1 aromatic carbocycles. The molecule has 0 saturated heterocycles. The van der Waals surface area contributed by atoms with Crippen LogP contribution in [0.4, 0.5) is 0 Å². The van der Waals surface area contributed by atoms with Crippen molar-refractivity contribution in [2.24, 2.45) is 5.41 Å². The summed E-state index contributed by atoms with van der Waals surface area (Å²) >= 11 is 0. The van der Waals surface area contributed by atoms with Crippen molar-refractivity contribution in [1.82, 2.24) is 0 Å². The number of aliphatic hydroxyl groups is 1. The molecule has 1 atom stereocenters. The minimum atomic E-state index is -1.02. The van der Waals surface area contributed by atoms with Crippen LogP contribution in [0.5, 0.6) is 5.75 Å². The van der Waals surface area contributed by atoms with Gasteiger partial charge in [0.15, 0.2) is 0 Å². The van der Waals surface area contributed by atoms with E-state index in [4.69, 9.17) is 4.74 Å². The smallest absolute Gasteiger partial charge is 0.312 e. The number of carbonyl (C=O) groups is 1. The maximum Gasteiger partial charge on any atom is 0.312 e. The largest absolute Gasteiger partial charge is 0.496 e. The van der Waals surface area contributed by atoms with E-state index in [0.29, 0.717) is 24.2 Å². The molecule has 1 fully saturated rings. The maximum atomic E-state index is 11.2. The van der Waals surface area contributed by atoms with Gasteiger partial charge in [-0.1, -0.05) is 0 Å². The highest BCUT2D eigenvalue weighted by Crippen LogP contribution is 2.56. The van der Waals surface area contributed by atoms with Crippen molar-refractivity contribution in [2.75, 3.05) is 7.11 Å². The molecule has 0 aliphatic heterocycles. The second-order valence-corrected chi connectivity index (χ2v) is 5.04. The Balaban J connectivity index is 2.45. The SMILES string of the molecule is COc1cc(C)c(C)cc1C(O)C1(C(=O)O)CC1. The van der Waals surface area contributed by atoms with Crippen molar-refractivity contribution in [3.05, 3.63) is 28.8 Å². The highest BCUT2D eigenvalue weighted by molar-refractivity contribution is 5.79. The summed E-state index contributed by atoms with van der Waals surface area (Å²) in [6.45, 7) is 3.89. The highest BCUT2D eigenvalue weighted by atomic mass is 16.5. The molecule has 0 heterocycles. The summed E-state index contributed by atoms with van der Waals surface area (Å²) in [5, 5.41) is 19.6. The van der Waals surface area contributed by atoms with Gasteiger partial charge in [-0.05, 0) is 49.9 Å². The number of hydrogen-bond acceptors (Lipinski definition) is 3. The number of carboxylic acid groups (broad SMARTS) is 1. The van der Waals surface area contributed by atoms with E-state index in [9.17, 15) is 15.0 Å². The molecule has 1 aromatic rings. The van der Waals surface area contributed by atoms with Gasteiger partial charge in [0.2, 0.25) is 0 Å². The van der Waals surface area contributed by atoms with Gasteiger partial charge in [0, 0.05) is 5.56 Å². The molecule has 2 rings (SSSR count). The number of hydrogen-bond donors (Lipinski definition) is 2. The number of aliphatic carboxylic acids is 1. The molecule has 98 valence electrons.